The lowest BCUT2D eigenvalue weighted by Gasteiger charge is -2.54. The highest BCUT2D eigenvalue weighted by Gasteiger charge is 2.52. The maximum absolute atomic E-state index is 11.3. The van der Waals surface area contributed by atoms with E-state index in [1.54, 1.807) is 0 Å². The molecule has 2 nitrogen and oxygen atoms in total. The molecule has 19 heavy (non-hydrogen) atoms. The third-order valence-corrected chi connectivity index (χ3v) is 6.45. The maximum Gasteiger partial charge on any atom is 0.0716 e. The van der Waals surface area contributed by atoms with E-state index in [0.717, 1.165) is 31.6 Å². The standard InChI is InChI=1S/C17H33NO/c1-4-14-5-7-17(19,8-6-14)16(13-18)11-9-15(2,3)10-12-16/h14,19H,4-13,18H2,1-3H3. The number of rotatable bonds is 3. The summed E-state index contributed by atoms with van der Waals surface area (Å²) in [6, 6.07) is 0. The van der Waals surface area contributed by atoms with Crippen molar-refractivity contribution in [3.63, 3.8) is 0 Å². The molecule has 0 heterocycles. The van der Waals surface area contributed by atoms with Crippen LogP contribution < -0.4 is 5.73 Å². The van der Waals surface area contributed by atoms with Gasteiger partial charge < -0.3 is 10.8 Å². The Kier molecular flexibility index (Phi) is 4.32. The third kappa shape index (κ3) is 2.85. The highest BCUT2D eigenvalue weighted by molar-refractivity contribution is 5.04. The van der Waals surface area contributed by atoms with Crippen LogP contribution in [0, 0.1) is 16.7 Å². The van der Waals surface area contributed by atoms with Crippen molar-refractivity contribution in [3.8, 4) is 0 Å². The van der Waals surface area contributed by atoms with Gasteiger partial charge in [-0.1, -0.05) is 27.2 Å². The molecule has 3 N–H and O–H groups in total. The quantitative estimate of drug-likeness (QED) is 0.815. The van der Waals surface area contributed by atoms with Crippen molar-refractivity contribution in [3.05, 3.63) is 0 Å². The Morgan fingerprint density at radius 3 is 1.95 bits per heavy atom. The molecule has 2 saturated carbocycles. The Morgan fingerprint density at radius 1 is 1.00 bits per heavy atom. The lowest BCUT2D eigenvalue weighted by atomic mass is 9.54. The molecule has 0 atom stereocenters. The third-order valence-electron chi connectivity index (χ3n) is 6.45. The van der Waals surface area contributed by atoms with Crippen molar-refractivity contribution in [1.29, 1.82) is 0 Å². The highest BCUT2D eigenvalue weighted by Crippen LogP contribution is 2.54. The Bertz CT molecular complexity index is 292. The van der Waals surface area contributed by atoms with Crippen LogP contribution in [0.25, 0.3) is 0 Å². The van der Waals surface area contributed by atoms with E-state index in [9.17, 15) is 5.11 Å². The Labute approximate surface area is 119 Å². The summed E-state index contributed by atoms with van der Waals surface area (Å²) in [6.45, 7) is 7.64. The van der Waals surface area contributed by atoms with Gasteiger partial charge in [0, 0.05) is 12.0 Å². The molecule has 0 aromatic carbocycles. The lowest BCUT2D eigenvalue weighted by molar-refractivity contribution is -0.138. The van der Waals surface area contributed by atoms with Gasteiger partial charge in [-0.2, -0.15) is 0 Å². The van der Waals surface area contributed by atoms with Crippen LogP contribution in [0.4, 0.5) is 0 Å². The summed E-state index contributed by atoms with van der Waals surface area (Å²) in [6.07, 6.45) is 10.3. The second-order valence-corrected chi connectivity index (χ2v) is 8.03. The summed E-state index contributed by atoms with van der Waals surface area (Å²) in [5, 5.41) is 11.3. The second kappa shape index (κ2) is 5.37. The molecule has 0 aromatic heterocycles. The average molecular weight is 267 g/mol. The van der Waals surface area contributed by atoms with E-state index in [1.807, 2.05) is 0 Å². The van der Waals surface area contributed by atoms with E-state index in [2.05, 4.69) is 20.8 Å². The van der Waals surface area contributed by atoms with E-state index >= 15 is 0 Å². The minimum Gasteiger partial charge on any atom is -0.389 e. The van der Waals surface area contributed by atoms with Crippen molar-refractivity contribution in [1.82, 2.24) is 0 Å². The van der Waals surface area contributed by atoms with Crippen LogP contribution in [-0.4, -0.2) is 17.3 Å². The largest absolute Gasteiger partial charge is 0.389 e. The molecule has 0 spiro atoms. The molecule has 0 saturated heterocycles. The summed E-state index contributed by atoms with van der Waals surface area (Å²) in [7, 11) is 0. The van der Waals surface area contributed by atoms with Crippen molar-refractivity contribution >= 4 is 0 Å². The molecule has 2 rings (SSSR count). The molecule has 2 fully saturated rings. The fraction of sp³-hybridized carbons (Fsp3) is 1.00. The van der Waals surface area contributed by atoms with Crippen LogP contribution in [0.5, 0.6) is 0 Å². The van der Waals surface area contributed by atoms with E-state index in [-0.39, 0.29) is 5.41 Å². The zero-order valence-electron chi connectivity index (χ0n) is 13.2. The Hall–Kier alpha value is -0.0800. The van der Waals surface area contributed by atoms with Crippen molar-refractivity contribution in [2.75, 3.05) is 6.54 Å². The zero-order valence-corrected chi connectivity index (χ0v) is 13.2. The minimum absolute atomic E-state index is 0.00122. The molecule has 2 heteroatoms. The summed E-state index contributed by atoms with van der Waals surface area (Å²) in [5.41, 5.74) is 6.11. The zero-order chi connectivity index (χ0) is 14.1. The Balaban J connectivity index is 2.09. The first-order chi connectivity index (χ1) is 8.86. The summed E-state index contributed by atoms with van der Waals surface area (Å²) in [4.78, 5) is 0. The predicted molar refractivity (Wildman–Crippen MR) is 80.9 cm³/mol. The molecule has 112 valence electrons. The van der Waals surface area contributed by atoms with Crippen molar-refractivity contribution in [2.24, 2.45) is 22.5 Å². The fourth-order valence-electron chi connectivity index (χ4n) is 4.36. The molecular formula is C17H33NO. The van der Waals surface area contributed by atoms with Gasteiger partial charge in [-0.25, -0.2) is 0 Å². The van der Waals surface area contributed by atoms with Crippen LogP contribution in [0.15, 0.2) is 0 Å². The molecule has 2 aliphatic carbocycles. The van der Waals surface area contributed by atoms with Gasteiger partial charge in [0.1, 0.15) is 0 Å². The van der Waals surface area contributed by atoms with Gasteiger partial charge in [0.15, 0.2) is 0 Å². The van der Waals surface area contributed by atoms with Gasteiger partial charge in [0.25, 0.3) is 0 Å². The maximum atomic E-state index is 11.3. The van der Waals surface area contributed by atoms with E-state index in [0.29, 0.717) is 12.0 Å². The smallest absolute Gasteiger partial charge is 0.0716 e. The molecule has 0 radical (unpaired) electrons. The van der Waals surface area contributed by atoms with Crippen molar-refractivity contribution < 1.29 is 5.11 Å². The summed E-state index contributed by atoms with van der Waals surface area (Å²) in [5.74, 6) is 0.829. The second-order valence-electron chi connectivity index (χ2n) is 8.03. The minimum atomic E-state index is -0.482. The van der Waals surface area contributed by atoms with Gasteiger partial charge in [-0.15, -0.1) is 0 Å². The summed E-state index contributed by atoms with van der Waals surface area (Å²) >= 11 is 0. The SMILES string of the molecule is CCC1CCC(O)(C2(CN)CCC(C)(C)CC2)CC1. The van der Waals surface area contributed by atoms with Crippen LogP contribution in [0.3, 0.4) is 0 Å². The molecule has 0 bridgehead atoms. The van der Waals surface area contributed by atoms with Gasteiger partial charge in [-0.3, -0.25) is 0 Å². The van der Waals surface area contributed by atoms with E-state index in [4.69, 9.17) is 5.73 Å². The first kappa shape index (κ1) is 15.3. The van der Waals surface area contributed by atoms with E-state index in [1.165, 1.54) is 32.1 Å². The summed E-state index contributed by atoms with van der Waals surface area (Å²) < 4.78 is 0. The number of hydrogen-bond acceptors (Lipinski definition) is 2. The fourth-order valence-corrected chi connectivity index (χ4v) is 4.36. The van der Waals surface area contributed by atoms with E-state index < -0.39 is 5.60 Å². The van der Waals surface area contributed by atoms with Crippen LogP contribution in [0.2, 0.25) is 0 Å². The van der Waals surface area contributed by atoms with Gasteiger partial charge in [0.2, 0.25) is 0 Å². The van der Waals surface area contributed by atoms with Crippen LogP contribution in [-0.2, 0) is 0 Å². The highest BCUT2D eigenvalue weighted by atomic mass is 16.3. The van der Waals surface area contributed by atoms with Crippen LogP contribution >= 0.6 is 0 Å². The first-order valence-corrected chi connectivity index (χ1v) is 8.29. The van der Waals surface area contributed by atoms with Gasteiger partial charge in [0.05, 0.1) is 5.60 Å². The molecular weight excluding hydrogens is 234 g/mol. The molecule has 0 unspecified atom stereocenters. The molecule has 0 amide bonds. The number of hydrogen-bond donors (Lipinski definition) is 2. The average Bonchev–Trinajstić information content (AvgIpc) is 2.40. The normalized spacial score (nSPS) is 38.1. The van der Waals surface area contributed by atoms with Crippen LogP contribution in [0.1, 0.15) is 78.6 Å². The Morgan fingerprint density at radius 2 is 1.53 bits per heavy atom. The number of aliphatic hydroxyl groups is 1. The van der Waals surface area contributed by atoms with Gasteiger partial charge in [-0.05, 0) is 62.7 Å². The number of nitrogens with two attached hydrogens (primary N) is 1. The molecule has 0 aromatic rings. The van der Waals surface area contributed by atoms with Crippen molar-refractivity contribution in [2.45, 2.75) is 84.2 Å². The lowest BCUT2D eigenvalue weighted by Crippen LogP contribution is -2.56. The molecule has 2 aliphatic rings. The van der Waals surface area contributed by atoms with Gasteiger partial charge >= 0.3 is 0 Å². The molecule has 0 aliphatic heterocycles. The predicted octanol–water partition coefficient (Wildman–Crippen LogP) is 3.86. The monoisotopic (exact) mass is 267 g/mol. The first-order valence-electron chi connectivity index (χ1n) is 8.29. The topological polar surface area (TPSA) is 46.2 Å².